The second-order valence-corrected chi connectivity index (χ2v) is 8.45. The van der Waals surface area contributed by atoms with Gasteiger partial charge in [-0.3, -0.25) is 9.52 Å². The Kier molecular flexibility index (Phi) is 6.18. The van der Waals surface area contributed by atoms with Crippen molar-refractivity contribution in [3.63, 3.8) is 0 Å². The van der Waals surface area contributed by atoms with Crippen molar-refractivity contribution in [1.82, 2.24) is 4.90 Å². The van der Waals surface area contributed by atoms with E-state index in [1.165, 1.54) is 42.5 Å². The molecule has 1 aliphatic heterocycles. The van der Waals surface area contributed by atoms with E-state index < -0.39 is 15.8 Å². The molecule has 1 heterocycles. The van der Waals surface area contributed by atoms with Gasteiger partial charge >= 0.3 is 0 Å². The SMILES string of the molecule is Cc1cc(S(=O)(=O)Nc2ccc(F)cc2)ccc1OCC(=O)N1CCCCC1. The van der Waals surface area contributed by atoms with Crippen LogP contribution in [0.3, 0.4) is 0 Å². The van der Waals surface area contributed by atoms with Crippen molar-refractivity contribution < 1.29 is 22.3 Å². The highest BCUT2D eigenvalue weighted by molar-refractivity contribution is 7.92. The number of nitrogens with zero attached hydrogens (tertiary/aromatic N) is 1. The zero-order valence-electron chi connectivity index (χ0n) is 15.7. The zero-order valence-corrected chi connectivity index (χ0v) is 16.5. The lowest BCUT2D eigenvalue weighted by Crippen LogP contribution is -2.38. The summed E-state index contributed by atoms with van der Waals surface area (Å²) < 4.78 is 46.0. The topological polar surface area (TPSA) is 75.7 Å². The highest BCUT2D eigenvalue weighted by atomic mass is 32.2. The van der Waals surface area contributed by atoms with Crippen molar-refractivity contribution in [2.45, 2.75) is 31.1 Å². The van der Waals surface area contributed by atoms with Crippen LogP contribution < -0.4 is 9.46 Å². The Morgan fingerprint density at radius 3 is 2.43 bits per heavy atom. The number of carbonyl (C=O) groups is 1. The largest absolute Gasteiger partial charge is 0.483 e. The van der Waals surface area contributed by atoms with Crippen LogP contribution in [0.25, 0.3) is 0 Å². The quantitative estimate of drug-likeness (QED) is 0.799. The third-order valence-corrected chi connectivity index (χ3v) is 5.99. The Labute approximate surface area is 164 Å². The van der Waals surface area contributed by atoms with Gasteiger partial charge in [0.1, 0.15) is 11.6 Å². The fourth-order valence-electron chi connectivity index (χ4n) is 3.06. The third-order valence-electron chi connectivity index (χ3n) is 4.61. The number of piperidine rings is 1. The molecule has 2 aromatic carbocycles. The van der Waals surface area contributed by atoms with Crippen molar-refractivity contribution in [2.75, 3.05) is 24.4 Å². The molecule has 0 unspecified atom stereocenters. The van der Waals surface area contributed by atoms with Gasteiger partial charge in [0, 0.05) is 18.8 Å². The molecule has 0 radical (unpaired) electrons. The Morgan fingerprint density at radius 2 is 1.79 bits per heavy atom. The zero-order chi connectivity index (χ0) is 20.1. The molecule has 1 amide bonds. The summed E-state index contributed by atoms with van der Waals surface area (Å²) in [7, 11) is -3.82. The first kappa shape index (κ1) is 20.1. The standard InChI is InChI=1S/C20H23FN2O4S/c1-15-13-18(28(25,26)22-17-7-5-16(21)6-8-17)9-10-19(15)27-14-20(24)23-11-3-2-4-12-23/h5-10,13,22H,2-4,11-12,14H2,1H3. The predicted molar refractivity (Wildman–Crippen MR) is 104 cm³/mol. The average molecular weight is 406 g/mol. The third kappa shape index (κ3) is 5.01. The second kappa shape index (κ2) is 8.60. The van der Waals surface area contributed by atoms with E-state index in [1.807, 2.05) is 0 Å². The number of halogens is 1. The number of likely N-dealkylation sites (tertiary alicyclic amines) is 1. The van der Waals surface area contributed by atoms with Gasteiger partial charge in [0.2, 0.25) is 0 Å². The second-order valence-electron chi connectivity index (χ2n) is 6.77. The summed E-state index contributed by atoms with van der Waals surface area (Å²) in [5, 5.41) is 0. The van der Waals surface area contributed by atoms with E-state index >= 15 is 0 Å². The predicted octanol–water partition coefficient (Wildman–Crippen LogP) is 3.33. The summed E-state index contributed by atoms with van der Waals surface area (Å²) in [5.41, 5.74) is 0.875. The number of rotatable bonds is 6. The molecule has 3 rings (SSSR count). The number of benzene rings is 2. The van der Waals surface area contributed by atoms with Crippen LogP contribution in [-0.4, -0.2) is 38.9 Å². The summed E-state index contributed by atoms with van der Waals surface area (Å²) in [6.07, 6.45) is 3.17. The van der Waals surface area contributed by atoms with Gasteiger partial charge in [0.15, 0.2) is 6.61 Å². The minimum Gasteiger partial charge on any atom is -0.483 e. The molecule has 1 fully saturated rings. The number of hydrogen-bond acceptors (Lipinski definition) is 4. The van der Waals surface area contributed by atoms with Crippen LogP contribution in [0.1, 0.15) is 24.8 Å². The van der Waals surface area contributed by atoms with Crippen LogP contribution in [0.5, 0.6) is 5.75 Å². The van der Waals surface area contributed by atoms with Crippen molar-refractivity contribution in [3.05, 3.63) is 53.8 Å². The van der Waals surface area contributed by atoms with E-state index in [0.29, 0.717) is 11.3 Å². The Balaban J connectivity index is 1.65. The molecule has 0 spiro atoms. The molecule has 0 aliphatic carbocycles. The number of amides is 1. The monoisotopic (exact) mass is 406 g/mol. The minimum atomic E-state index is -3.82. The van der Waals surface area contributed by atoms with Gasteiger partial charge < -0.3 is 9.64 Å². The van der Waals surface area contributed by atoms with Crippen LogP contribution in [-0.2, 0) is 14.8 Å². The van der Waals surface area contributed by atoms with E-state index in [-0.39, 0.29) is 23.1 Å². The highest BCUT2D eigenvalue weighted by Crippen LogP contribution is 2.24. The van der Waals surface area contributed by atoms with E-state index in [0.717, 1.165) is 32.4 Å². The number of nitrogens with one attached hydrogen (secondary N) is 1. The minimum absolute atomic E-state index is 0.0593. The van der Waals surface area contributed by atoms with Crippen molar-refractivity contribution in [1.29, 1.82) is 0 Å². The smallest absolute Gasteiger partial charge is 0.261 e. The first-order valence-electron chi connectivity index (χ1n) is 9.15. The molecule has 1 aliphatic rings. The highest BCUT2D eigenvalue weighted by Gasteiger charge is 2.19. The van der Waals surface area contributed by atoms with Crippen molar-refractivity contribution in [2.24, 2.45) is 0 Å². The van der Waals surface area contributed by atoms with Gasteiger partial charge in [-0.15, -0.1) is 0 Å². The van der Waals surface area contributed by atoms with Gasteiger partial charge in [-0.2, -0.15) is 0 Å². The Morgan fingerprint density at radius 1 is 1.11 bits per heavy atom. The molecular formula is C20H23FN2O4S. The maximum atomic E-state index is 13.0. The molecule has 6 nitrogen and oxygen atoms in total. The first-order chi connectivity index (χ1) is 13.3. The lowest BCUT2D eigenvalue weighted by molar-refractivity contribution is -0.134. The Bertz CT molecular complexity index is 939. The lowest BCUT2D eigenvalue weighted by Gasteiger charge is -2.26. The molecule has 0 aromatic heterocycles. The summed E-state index contributed by atoms with van der Waals surface area (Å²) in [6, 6.07) is 9.50. The number of sulfonamides is 1. The average Bonchev–Trinajstić information content (AvgIpc) is 2.69. The number of ether oxygens (including phenoxy) is 1. The van der Waals surface area contributed by atoms with Gasteiger partial charge in [-0.05, 0) is 74.2 Å². The molecule has 2 aromatic rings. The Hall–Kier alpha value is -2.61. The van der Waals surface area contributed by atoms with E-state index in [9.17, 15) is 17.6 Å². The van der Waals surface area contributed by atoms with E-state index in [4.69, 9.17) is 4.74 Å². The van der Waals surface area contributed by atoms with E-state index in [2.05, 4.69) is 4.72 Å². The molecular weight excluding hydrogens is 383 g/mol. The van der Waals surface area contributed by atoms with Crippen LogP contribution in [0.4, 0.5) is 10.1 Å². The normalized spacial score (nSPS) is 14.6. The van der Waals surface area contributed by atoms with Crippen LogP contribution in [0.15, 0.2) is 47.4 Å². The molecule has 0 bridgehead atoms. The molecule has 28 heavy (non-hydrogen) atoms. The number of hydrogen-bond donors (Lipinski definition) is 1. The maximum absolute atomic E-state index is 13.0. The number of anilines is 1. The van der Waals surface area contributed by atoms with Gasteiger partial charge in [-0.25, -0.2) is 12.8 Å². The van der Waals surface area contributed by atoms with Crippen LogP contribution in [0, 0.1) is 12.7 Å². The molecule has 150 valence electrons. The number of aryl methyl sites for hydroxylation is 1. The van der Waals surface area contributed by atoms with Gasteiger partial charge in [0.25, 0.3) is 15.9 Å². The van der Waals surface area contributed by atoms with E-state index in [1.54, 1.807) is 11.8 Å². The van der Waals surface area contributed by atoms with Crippen LogP contribution in [0.2, 0.25) is 0 Å². The molecule has 8 heteroatoms. The van der Waals surface area contributed by atoms with Gasteiger partial charge in [-0.1, -0.05) is 0 Å². The summed E-state index contributed by atoms with van der Waals surface area (Å²) >= 11 is 0. The van der Waals surface area contributed by atoms with Crippen molar-refractivity contribution >= 4 is 21.6 Å². The maximum Gasteiger partial charge on any atom is 0.261 e. The van der Waals surface area contributed by atoms with Crippen LogP contribution >= 0.6 is 0 Å². The summed E-state index contributed by atoms with van der Waals surface area (Å²) in [4.78, 5) is 14.1. The first-order valence-corrected chi connectivity index (χ1v) is 10.6. The molecule has 0 atom stereocenters. The van der Waals surface area contributed by atoms with Gasteiger partial charge in [0.05, 0.1) is 4.90 Å². The molecule has 0 saturated carbocycles. The molecule has 1 saturated heterocycles. The summed E-state index contributed by atoms with van der Waals surface area (Å²) in [5.74, 6) is -0.0424. The lowest BCUT2D eigenvalue weighted by atomic mass is 10.1. The summed E-state index contributed by atoms with van der Waals surface area (Å²) in [6.45, 7) is 3.17. The van der Waals surface area contributed by atoms with Crippen molar-refractivity contribution in [3.8, 4) is 5.75 Å². The fourth-order valence-corrected chi connectivity index (χ4v) is 4.20. The number of carbonyl (C=O) groups excluding carboxylic acids is 1. The molecule has 1 N–H and O–H groups in total. The fraction of sp³-hybridized carbons (Fsp3) is 0.350.